The van der Waals surface area contributed by atoms with Gasteiger partial charge >= 0.3 is 0 Å². The second kappa shape index (κ2) is 10.2. The summed E-state index contributed by atoms with van der Waals surface area (Å²) in [5, 5.41) is 2.86. The number of rotatable bonds is 9. The monoisotopic (exact) mass is 438 g/mol. The lowest BCUT2D eigenvalue weighted by Crippen LogP contribution is -2.23. The lowest BCUT2D eigenvalue weighted by Gasteiger charge is -2.11. The van der Waals surface area contributed by atoms with Gasteiger partial charge in [-0.05, 0) is 35.9 Å². The van der Waals surface area contributed by atoms with E-state index >= 15 is 0 Å². The summed E-state index contributed by atoms with van der Waals surface area (Å²) in [6.07, 6.45) is 1.79. The van der Waals surface area contributed by atoms with Crippen LogP contribution in [0.4, 0.5) is 5.69 Å². The summed E-state index contributed by atoms with van der Waals surface area (Å²) in [5.41, 5.74) is 1.79. The van der Waals surface area contributed by atoms with Gasteiger partial charge in [0.1, 0.15) is 0 Å². The van der Waals surface area contributed by atoms with Crippen molar-refractivity contribution in [1.29, 1.82) is 0 Å². The first kappa shape index (κ1) is 21.8. The van der Waals surface area contributed by atoms with E-state index in [0.717, 1.165) is 10.5 Å². The topological polar surface area (TPSA) is 75.3 Å². The van der Waals surface area contributed by atoms with Crippen LogP contribution in [0.5, 0.6) is 0 Å². The molecular weight excluding hydrogens is 416 g/mol. The fourth-order valence-corrected chi connectivity index (χ4v) is 4.51. The molecule has 154 valence electrons. The van der Waals surface area contributed by atoms with Crippen molar-refractivity contribution < 1.29 is 13.2 Å². The smallest absolute Gasteiger partial charge is 0.255 e. The van der Waals surface area contributed by atoms with Crippen LogP contribution in [0.15, 0.2) is 101 Å². The van der Waals surface area contributed by atoms with Crippen LogP contribution in [0.3, 0.4) is 0 Å². The first-order valence-corrected chi connectivity index (χ1v) is 11.7. The number of benzene rings is 3. The van der Waals surface area contributed by atoms with Crippen molar-refractivity contribution in [1.82, 2.24) is 4.72 Å². The highest BCUT2D eigenvalue weighted by Crippen LogP contribution is 2.27. The zero-order valence-corrected chi connectivity index (χ0v) is 17.9. The standard InChI is InChI=1S/C23H22N2O3S2/c1-2-15-29-22-14-7-6-13-21(22)25-23(26)19-11-8-12-20(16-19)30(27,28)24-17-18-9-4-3-5-10-18/h2-14,16,24H,1,15,17H2,(H,25,26). The Balaban J connectivity index is 1.75. The van der Waals surface area contributed by atoms with E-state index in [1.165, 1.54) is 12.1 Å². The van der Waals surface area contributed by atoms with E-state index in [1.807, 2.05) is 54.6 Å². The van der Waals surface area contributed by atoms with Gasteiger partial charge in [-0.15, -0.1) is 18.3 Å². The lowest BCUT2D eigenvalue weighted by molar-refractivity contribution is 0.102. The molecule has 30 heavy (non-hydrogen) atoms. The summed E-state index contributed by atoms with van der Waals surface area (Å²) < 4.78 is 27.9. The molecule has 0 unspecified atom stereocenters. The molecular formula is C23H22N2O3S2. The van der Waals surface area contributed by atoms with Crippen molar-refractivity contribution in [3.05, 3.63) is 103 Å². The van der Waals surface area contributed by atoms with E-state index in [1.54, 1.807) is 30.0 Å². The average Bonchev–Trinajstić information content (AvgIpc) is 2.78. The minimum absolute atomic E-state index is 0.0420. The SMILES string of the molecule is C=CCSc1ccccc1NC(=O)c1cccc(S(=O)(=O)NCc2ccccc2)c1. The molecule has 3 aromatic carbocycles. The molecule has 0 saturated heterocycles. The Bertz CT molecular complexity index is 1130. The number of anilines is 1. The Morgan fingerprint density at radius 1 is 0.967 bits per heavy atom. The van der Waals surface area contributed by atoms with Gasteiger partial charge in [-0.3, -0.25) is 4.79 Å². The molecule has 0 saturated carbocycles. The molecule has 7 heteroatoms. The van der Waals surface area contributed by atoms with E-state index in [2.05, 4.69) is 16.6 Å². The normalized spacial score (nSPS) is 11.1. The van der Waals surface area contributed by atoms with Gasteiger partial charge in [-0.2, -0.15) is 0 Å². The molecule has 5 nitrogen and oxygen atoms in total. The van der Waals surface area contributed by atoms with E-state index in [-0.39, 0.29) is 22.9 Å². The van der Waals surface area contributed by atoms with Crippen LogP contribution < -0.4 is 10.0 Å². The van der Waals surface area contributed by atoms with Crippen molar-refractivity contribution in [2.75, 3.05) is 11.1 Å². The maximum atomic E-state index is 12.7. The number of hydrogen-bond acceptors (Lipinski definition) is 4. The molecule has 0 aliphatic heterocycles. The molecule has 0 radical (unpaired) electrons. The summed E-state index contributed by atoms with van der Waals surface area (Å²) in [7, 11) is -3.75. The zero-order valence-electron chi connectivity index (χ0n) is 16.2. The molecule has 0 aliphatic rings. The van der Waals surface area contributed by atoms with Crippen LogP contribution in [0.2, 0.25) is 0 Å². The van der Waals surface area contributed by atoms with Crippen LogP contribution in [-0.4, -0.2) is 20.1 Å². The predicted octanol–water partition coefficient (Wildman–Crippen LogP) is 4.70. The first-order valence-electron chi connectivity index (χ1n) is 9.27. The third-order valence-corrected chi connectivity index (χ3v) is 6.68. The van der Waals surface area contributed by atoms with E-state index in [9.17, 15) is 13.2 Å². The summed E-state index contributed by atoms with van der Waals surface area (Å²) in [5.74, 6) is 0.343. The highest BCUT2D eigenvalue weighted by atomic mass is 32.2. The molecule has 0 fully saturated rings. The predicted molar refractivity (Wildman–Crippen MR) is 122 cm³/mol. The Morgan fingerprint density at radius 3 is 2.47 bits per heavy atom. The molecule has 3 rings (SSSR count). The lowest BCUT2D eigenvalue weighted by atomic mass is 10.2. The molecule has 1 amide bonds. The van der Waals surface area contributed by atoms with Gasteiger partial charge < -0.3 is 5.32 Å². The summed E-state index contributed by atoms with van der Waals surface area (Å²) in [6, 6.07) is 22.7. The second-order valence-corrected chi connectivity index (χ2v) is 9.22. The van der Waals surface area contributed by atoms with Crippen molar-refractivity contribution in [3.63, 3.8) is 0 Å². The minimum atomic E-state index is -3.75. The quantitative estimate of drug-likeness (QED) is 0.375. The van der Waals surface area contributed by atoms with Gasteiger partial charge in [0.05, 0.1) is 10.6 Å². The van der Waals surface area contributed by atoms with Gasteiger partial charge in [0.2, 0.25) is 10.0 Å². The molecule has 0 spiro atoms. The molecule has 0 atom stereocenters. The van der Waals surface area contributed by atoms with Crippen molar-refractivity contribution in [2.45, 2.75) is 16.3 Å². The number of hydrogen-bond donors (Lipinski definition) is 2. The van der Waals surface area contributed by atoms with Gasteiger partial charge in [0, 0.05) is 22.8 Å². The molecule has 0 bridgehead atoms. The van der Waals surface area contributed by atoms with Crippen LogP contribution in [0, 0.1) is 0 Å². The Labute approximate surface area is 181 Å². The van der Waals surface area contributed by atoms with Crippen LogP contribution >= 0.6 is 11.8 Å². The van der Waals surface area contributed by atoms with Gasteiger partial charge in [-0.25, -0.2) is 13.1 Å². The van der Waals surface area contributed by atoms with Gasteiger partial charge in [0.25, 0.3) is 5.91 Å². The maximum Gasteiger partial charge on any atom is 0.255 e. The van der Waals surface area contributed by atoms with E-state index < -0.39 is 10.0 Å². The third-order valence-electron chi connectivity index (χ3n) is 4.21. The summed E-state index contributed by atoms with van der Waals surface area (Å²) in [6.45, 7) is 3.88. The molecule has 0 heterocycles. The largest absolute Gasteiger partial charge is 0.321 e. The third kappa shape index (κ3) is 5.82. The molecule has 0 aliphatic carbocycles. The Hall–Kier alpha value is -2.87. The number of nitrogens with one attached hydrogen (secondary N) is 2. The zero-order chi connectivity index (χ0) is 21.4. The highest BCUT2D eigenvalue weighted by Gasteiger charge is 2.17. The van der Waals surface area contributed by atoms with E-state index in [0.29, 0.717) is 11.4 Å². The number of carbonyl (C=O) groups excluding carboxylic acids is 1. The number of para-hydroxylation sites is 1. The Morgan fingerprint density at radius 2 is 1.70 bits per heavy atom. The Kier molecular flexibility index (Phi) is 7.46. The highest BCUT2D eigenvalue weighted by molar-refractivity contribution is 7.99. The summed E-state index contributed by atoms with van der Waals surface area (Å²) in [4.78, 5) is 13.7. The van der Waals surface area contributed by atoms with Crippen molar-refractivity contribution in [2.24, 2.45) is 0 Å². The van der Waals surface area contributed by atoms with Crippen LogP contribution in [-0.2, 0) is 16.6 Å². The average molecular weight is 439 g/mol. The minimum Gasteiger partial charge on any atom is -0.321 e. The van der Waals surface area contributed by atoms with Crippen LogP contribution in [0.25, 0.3) is 0 Å². The number of thioether (sulfide) groups is 1. The van der Waals surface area contributed by atoms with Gasteiger partial charge in [0.15, 0.2) is 0 Å². The molecule has 3 aromatic rings. The number of carbonyl (C=O) groups is 1. The molecule has 0 aromatic heterocycles. The maximum absolute atomic E-state index is 12.7. The fourth-order valence-electron chi connectivity index (χ4n) is 2.70. The van der Waals surface area contributed by atoms with Crippen LogP contribution in [0.1, 0.15) is 15.9 Å². The fraction of sp³-hybridized carbons (Fsp3) is 0.0870. The second-order valence-electron chi connectivity index (χ2n) is 6.39. The van der Waals surface area contributed by atoms with Crippen molar-refractivity contribution in [3.8, 4) is 0 Å². The number of sulfonamides is 1. The number of amides is 1. The van der Waals surface area contributed by atoms with Gasteiger partial charge in [-0.1, -0.05) is 54.6 Å². The first-order chi connectivity index (χ1) is 14.5. The van der Waals surface area contributed by atoms with E-state index in [4.69, 9.17) is 0 Å². The van der Waals surface area contributed by atoms with Crippen molar-refractivity contribution >= 4 is 33.4 Å². The molecule has 2 N–H and O–H groups in total. The summed E-state index contributed by atoms with van der Waals surface area (Å²) >= 11 is 1.56.